The Morgan fingerprint density at radius 2 is 1.89 bits per heavy atom. The second kappa shape index (κ2) is 8.08. The van der Waals surface area contributed by atoms with Gasteiger partial charge >= 0.3 is 11.9 Å². The molecule has 0 bridgehead atoms. The molecule has 19 heavy (non-hydrogen) atoms. The van der Waals surface area contributed by atoms with Crippen LogP contribution in [-0.4, -0.2) is 61.9 Å². The number of carbonyl (C=O) groups excluding carboxylic acids is 2. The van der Waals surface area contributed by atoms with Gasteiger partial charge in [-0.15, -0.1) is 0 Å². The Balaban J connectivity index is 2.31. The zero-order valence-corrected chi connectivity index (χ0v) is 11.7. The Morgan fingerprint density at radius 1 is 1.26 bits per heavy atom. The lowest BCUT2D eigenvalue weighted by Gasteiger charge is -2.36. The third-order valence-electron chi connectivity index (χ3n) is 3.16. The number of hydrogen-bond acceptors (Lipinski definition) is 6. The molecule has 1 fully saturated rings. The van der Waals surface area contributed by atoms with Crippen molar-refractivity contribution in [2.45, 2.75) is 32.5 Å². The normalized spacial score (nSPS) is 23.9. The third-order valence-corrected chi connectivity index (χ3v) is 3.16. The van der Waals surface area contributed by atoms with Gasteiger partial charge in [0.25, 0.3) is 0 Å². The molecule has 0 spiro atoms. The van der Waals surface area contributed by atoms with E-state index in [1.54, 1.807) is 0 Å². The third kappa shape index (κ3) is 6.00. The van der Waals surface area contributed by atoms with E-state index in [9.17, 15) is 9.59 Å². The number of carbonyl (C=O) groups is 2. The van der Waals surface area contributed by atoms with E-state index in [2.05, 4.69) is 16.0 Å². The van der Waals surface area contributed by atoms with E-state index >= 15 is 0 Å². The highest BCUT2D eigenvalue weighted by Crippen LogP contribution is 2.07. The molecule has 0 amide bonds. The number of esters is 2. The van der Waals surface area contributed by atoms with Crippen LogP contribution in [0.15, 0.2) is 0 Å². The smallest absolute Gasteiger partial charge is 0.302 e. The zero-order valence-electron chi connectivity index (χ0n) is 11.7. The van der Waals surface area contributed by atoms with Crippen molar-refractivity contribution in [1.29, 1.82) is 0 Å². The molecule has 0 aromatic carbocycles. The van der Waals surface area contributed by atoms with Crippen molar-refractivity contribution >= 4 is 11.9 Å². The summed E-state index contributed by atoms with van der Waals surface area (Å²) in [6.07, 6.45) is 0.817. The summed E-state index contributed by atoms with van der Waals surface area (Å²) in [4.78, 5) is 23.6. The highest BCUT2D eigenvalue weighted by Gasteiger charge is 2.30. The van der Waals surface area contributed by atoms with E-state index < -0.39 is 0 Å². The molecule has 7 nitrogen and oxygen atoms in total. The molecular formula is C12H24N3O4+. The zero-order chi connectivity index (χ0) is 14.3. The van der Waals surface area contributed by atoms with Crippen molar-refractivity contribution in [2.75, 3.05) is 32.8 Å². The summed E-state index contributed by atoms with van der Waals surface area (Å²) >= 11 is 0. The fraction of sp³-hybridized carbons (Fsp3) is 0.833. The second-order valence-corrected chi connectivity index (χ2v) is 4.63. The number of nitrogens with zero attached hydrogens (tertiary/aromatic N) is 1. The second-order valence-electron chi connectivity index (χ2n) is 4.63. The first-order valence-electron chi connectivity index (χ1n) is 6.58. The molecule has 1 rings (SSSR count). The van der Waals surface area contributed by atoms with Crippen LogP contribution in [0.1, 0.15) is 20.3 Å². The van der Waals surface area contributed by atoms with Crippen LogP contribution in [0, 0.1) is 0 Å². The van der Waals surface area contributed by atoms with Crippen molar-refractivity contribution in [1.82, 2.24) is 10.2 Å². The van der Waals surface area contributed by atoms with Crippen LogP contribution >= 0.6 is 0 Å². The maximum atomic E-state index is 10.7. The van der Waals surface area contributed by atoms with E-state index in [1.165, 1.54) is 13.8 Å². The molecule has 110 valence electrons. The molecule has 1 heterocycles. The van der Waals surface area contributed by atoms with Gasteiger partial charge in [-0.05, 0) is 0 Å². The molecule has 0 aromatic heterocycles. The van der Waals surface area contributed by atoms with Crippen LogP contribution in [0.5, 0.6) is 0 Å². The maximum absolute atomic E-state index is 10.7. The van der Waals surface area contributed by atoms with Gasteiger partial charge in [-0.25, -0.2) is 4.90 Å². The highest BCUT2D eigenvalue weighted by atomic mass is 16.5. The van der Waals surface area contributed by atoms with Gasteiger partial charge in [0.1, 0.15) is 6.61 Å². The summed E-state index contributed by atoms with van der Waals surface area (Å²) in [6.45, 7) is 6.01. The maximum Gasteiger partial charge on any atom is 0.302 e. The lowest BCUT2D eigenvalue weighted by Crippen LogP contribution is -2.79. The Hall–Kier alpha value is -1.18. The van der Waals surface area contributed by atoms with E-state index in [1.807, 2.05) is 0 Å². The van der Waals surface area contributed by atoms with Crippen molar-refractivity contribution in [3.05, 3.63) is 0 Å². The Kier molecular flexibility index (Phi) is 6.75. The van der Waals surface area contributed by atoms with E-state index in [0.717, 1.165) is 19.5 Å². The molecule has 0 radical (unpaired) electrons. The van der Waals surface area contributed by atoms with Gasteiger partial charge in [0.05, 0.1) is 12.6 Å². The predicted molar refractivity (Wildman–Crippen MR) is 67.9 cm³/mol. The molecule has 1 aliphatic heterocycles. The van der Waals surface area contributed by atoms with Crippen LogP contribution in [-0.2, 0) is 19.1 Å². The number of rotatable bonds is 6. The van der Waals surface area contributed by atoms with Gasteiger partial charge in [0, 0.05) is 39.9 Å². The quantitative estimate of drug-likeness (QED) is 0.563. The minimum atomic E-state index is -0.262. The minimum absolute atomic E-state index is 0.0832. The SMILES string of the molecule is CC(=O)OCCC1NCCN(CCOC(C)=O)C1[NH3+]. The number of quaternary nitrogens is 1. The Labute approximate surface area is 113 Å². The Bertz CT molecular complexity index is 283. The van der Waals surface area contributed by atoms with Gasteiger partial charge in [-0.1, -0.05) is 0 Å². The molecule has 0 aliphatic carbocycles. The monoisotopic (exact) mass is 274 g/mol. The molecule has 0 aromatic rings. The topological polar surface area (TPSA) is 95.5 Å². The Morgan fingerprint density at radius 3 is 2.53 bits per heavy atom. The highest BCUT2D eigenvalue weighted by molar-refractivity contribution is 5.66. The fourth-order valence-electron chi connectivity index (χ4n) is 2.16. The van der Waals surface area contributed by atoms with Gasteiger partial charge in [-0.2, -0.15) is 0 Å². The number of ether oxygens (including phenoxy) is 2. The average Bonchev–Trinajstić information content (AvgIpc) is 2.32. The number of nitrogens with one attached hydrogen (secondary N) is 1. The van der Waals surface area contributed by atoms with Gasteiger partial charge in [-0.3, -0.25) is 9.59 Å². The van der Waals surface area contributed by atoms with Crippen LogP contribution in [0.25, 0.3) is 0 Å². The molecule has 4 N–H and O–H groups in total. The number of hydrogen-bond donors (Lipinski definition) is 2. The number of piperazine rings is 1. The lowest BCUT2D eigenvalue weighted by atomic mass is 10.1. The summed E-state index contributed by atoms with van der Waals surface area (Å²) in [5, 5.41) is 3.37. The minimum Gasteiger partial charge on any atom is -0.466 e. The molecular weight excluding hydrogens is 250 g/mol. The van der Waals surface area contributed by atoms with Crippen LogP contribution in [0.3, 0.4) is 0 Å². The summed E-state index contributed by atoms with van der Waals surface area (Å²) in [7, 11) is 0. The van der Waals surface area contributed by atoms with Crippen LogP contribution < -0.4 is 11.1 Å². The van der Waals surface area contributed by atoms with Gasteiger partial charge < -0.3 is 20.5 Å². The summed E-state index contributed by atoms with van der Waals surface area (Å²) in [5.41, 5.74) is 4.14. The van der Waals surface area contributed by atoms with E-state index in [0.29, 0.717) is 19.8 Å². The van der Waals surface area contributed by atoms with Crippen molar-refractivity contribution in [3.8, 4) is 0 Å². The fourth-order valence-corrected chi connectivity index (χ4v) is 2.16. The lowest BCUT2D eigenvalue weighted by molar-refractivity contribution is -0.469. The predicted octanol–water partition coefficient (Wildman–Crippen LogP) is -1.66. The molecule has 2 unspecified atom stereocenters. The first-order valence-corrected chi connectivity index (χ1v) is 6.58. The van der Waals surface area contributed by atoms with Crippen molar-refractivity contribution in [3.63, 3.8) is 0 Å². The standard InChI is InChI=1S/C12H23N3O4/c1-9(16)18-7-3-11-12(13)15(5-4-14-11)6-8-19-10(2)17/h11-12,14H,3-8,13H2,1-2H3/p+1. The summed E-state index contributed by atoms with van der Waals surface area (Å²) < 4.78 is 9.89. The first-order chi connectivity index (χ1) is 9.00. The van der Waals surface area contributed by atoms with Gasteiger partial charge in [0.2, 0.25) is 0 Å². The first kappa shape index (κ1) is 15.9. The van der Waals surface area contributed by atoms with E-state index in [4.69, 9.17) is 9.47 Å². The molecule has 0 saturated carbocycles. The molecule has 1 saturated heterocycles. The van der Waals surface area contributed by atoms with Crippen molar-refractivity contribution < 1.29 is 24.8 Å². The summed E-state index contributed by atoms with van der Waals surface area (Å²) in [6, 6.07) is 0.186. The molecule has 2 atom stereocenters. The van der Waals surface area contributed by atoms with Crippen LogP contribution in [0.4, 0.5) is 0 Å². The molecule has 1 aliphatic rings. The van der Waals surface area contributed by atoms with Crippen molar-refractivity contribution in [2.24, 2.45) is 0 Å². The summed E-state index contributed by atoms with van der Waals surface area (Å²) in [5.74, 6) is -0.523. The van der Waals surface area contributed by atoms with E-state index in [-0.39, 0.29) is 24.1 Å². The molecule has 7 heteroatoms. The average molecular weight is 274 g/mol. The largest absolute Gasteiger partial charge is 0.466 e. The van der Waals surface area contributed by atoms with Gasteiger partial charge in [0.15, 0.2) is 6.17 Å². The van der Waals surface area contributed by atoms with Crippen LogP contribution in [0.2, 0.25) is 0 Å².